The monoisotopic (exact) mass is 335 g/mol. The second-order valence-corrected chi connectivity index (χ2v) is 5.45. The number of aliphatic hydroxyl groups excluding tert-OH is 1. The molecular weight excluding hydrogens is 320 g/mol. The first-order valence-electron chi connectivity index (χ1n) is 5.51. The number of benzene rings is 1. The second kappa shape index (κ2) is 5.31. The first kappa shape index (κ1) is 12.1. The molecule has 1 aliphatic heterocycles. The SMILES string of the molecule is OCC1CCN(c2ccc(I)cc2F)CC1. The maximum absolute atomic E-state index is 13.7. The van der Waals surface area contributed by atoms with E-state index in [1.165, 1.54) is 0 Å². The Labute approximate surface area is 109 Å². The van der Waals surface area contributed by atoms with Gasteiger partial charge in [0, 0.05) is 23.3 Å². The zero-order valence-corrected chi connectivity index (χ0v) is 11.2. The maximum atomic E-state index is 13.7. The van der Waals surface area contributed by atoms with E-state index >= 15 is 0 Å². The Morgan fingerprint density at radius 3 is 2.62 bits per heavy atom. The first-order valence-corrected chi connectivity index (χ1v) is 6.59. The van der Waals surface area contributed by atoms with Crippen LogP contribution in [0.25, 0.3) is 0 Å². The van der Waals surface area contributed by atoms with E-state index in [1.54, 1.807) is 6.07 Å². The van der Waals surface area contributed by atoms with Crippen LogP contribution in [0.4, 0.5) is 10.1 Å². The number of nitrogens with zero attached hydrogens (tertiary/aromatic N) is 1. The zero-order valence-electron chi connectivity index (χ0n) is 9.00. The van der Waals surface area contributed by atoms with Crippen LogP contribution in [0.1, 0.15) is 12.8 Å². The van der Waals surface area contributed by atoms with Gasteiger partial charge < -0.3 is 10.0 Å². The molecule has 16 heavy (non-hydrogen) atoms. The lowest BCUT2D eigenvalue weighted by Crippen LogP contribution is -2.35. The lowest BCUT2D eigenvalue weighted by atomic mass is 9.97. The minimum Gasteiger partial charge on any atom is -0.396 e. The topological polar surface area (TPSA) is 23.5 Å². The highest BCUT2D eigenvalue weighted by Gasteiger charge is 2.20. The number of hydrogen-bond donors (Lipinski definition) is 1. The molecule has 1 N–H and O–H groups in total. The Morgan fingerprint density at radius 1 is 1.38 bits per heavy atom. The van der Waals surface area contributed by atoms with Gasteiger partial charge in [0.25, 0.3) is 0 Å². The van der Waals surface area contributed by atoms with Crippen molar-refractivity contribution in [2.75, 3.05) is 24.6 Å². The minimum absolute atomic E-state index is 0.144. The molecule has 0 bridgehead atoms. The predicted octanol–water partition coefficient (Wildman–Crippen LogP) is 2.64. The van der Waals surface area contributed by atoms with Crippen LogP contribution in [0.15, 0.2) is 18.2 Å². The highest BCUT2D eigenvalue weighted by atomic mass is 127. The molecule has 1 saturated heterocycles. The van der Waals surface area contributed by atoms with Crippen LogP contribution in [0, 0.1) is 15.3 Å². The Bertz CT molecular complexity index is 364. The van der Waals surface area contributed by atoms with Gasteiger partial charge in [-0.1, -0.05) is 0 Å². The summed E-state index contributed by atoms with van der Waals surface area (Å²) >= 11 is 2.11. The molecule has 0 aromatic heterocycles. The zero-order chi connectivity index (χ0) is 11.5. The van der Waals surface area contributed by atoms with Crippen LogP contribution < -0.4 is 4.90 Å². The molecule has 0 amide bonds. The van der Waals surface area contributed by atoms with Crippen LogP contribution in [0.3, 0.4) is 0 Å². The van der Waals surface area contributed by atoms with Crippen LogP contribution in [-0.2, 0) is 0 Å². The summed E-state index contributed by atoms with van der Waals surface area (Å²) < 4.78 is 14.6. The van der Waals surface area contributed by atoms with Gasteiger partial charge >= 0.3 is 0 Å². The summed E-state index contributed by atoms with van der Waals surface area (Å²) in [6.45, 7) is 1.93. The number of anilines is 1. The van der Waals surface area contributed by atoms with Gasteiger partial charge in [0.05, 0.1) is 5.69 Å². The van der Waals surface area contributed by atoms with E-state index in [1.807, 2.05) is 12.1 Å². The van der Waals surface area contributed by atoms with E-state index in [0.717, 1.165) is 29.5 Å². The van der Waals surface area contributed by atoms with Crippen molar-refractivity contribution in [2.24, 2.45) is 5.92 Å². The van der Waals surface area contributed by atoms with Crippen LogP contribution in [0.2, 0.25) is 0 Å². The summed E-state index contributed by atoms with van der Waals surface area (Å²) in [5.41, 5.74) is 0.691. The van der Waals surface area contributed by atoms with E-state index in [0.29, 0.717) is 11.6 Å². The first-order chi connectivity index (χ1) is 7.70. The Kier molecular flexibility index (Phi) is 4.02. The molecule has 0 radical (unpaired) electrons. The van der Waals surface area contributed by atoms with Crippen molar-refractivity contribution in [3.63, 3.8) is 0 Å². The number of aliphatic hydroxyl groups is 1. The van der Waals surface area contributed by atoms with Gasteiger partial charge in [-0.2, -0.15) is 0 Å². The lowest BCUT2D eigenvalue weighted by molar-refractivity contribution is 0.203. The van der Waals surface area contributed by atoms with Crippen molar-refractivity contribution in [3.05, 3.63) is 27.6 Å². The number of hydrogen-bond acceptors (Lipinski definition) is 2. The normalized spacial score (nSPS) is 17.8. The van der Waals surface area contributed by atoms with E-state index in [9.17, 15) is 4.39 Å². The van der Waals surface area contributed by atoms with Crippen LogP contribution in [0.5, 0.6) is 0 Å². The molecule has 1 aliphatic rings. The molecule has 2 nitrogen and oxygen atoms in total. The quantitative estimate of drug-likeness (QED) is 0.840. The van der Waals surface area contributed by atoms with E-state index in [-0.39, 0.29) is 12.4 Å². The van der Waals surface area contributed by atoms with E-state index in [4.69, 9.17) is 5.11 Å². The van der Waals surface area contributed by atoms with Gasteiger partial charge in [-0.15, -0.1) is 0 Å². The largest absolute Gasteiger partial charge is 0.396 e. The summed E-state index contributed by atoms with van der Waals surface area (Å²) in [5.74, 6) is 0.248. The van der Waals surface area contributed by atoms with E-state index in [2.05, 4.69) is 27.5 Å². The predicted molar refractivity (Wildman–Crippen MR) is 71.1 cm³/mol. The average molecular weight is 335 g/mol. The fourth-order valence-corrected chi connectivity index (χ4v) is 2.55. The minimum atomic E-state index is -0.144. The highest BCUT2D eigenvalue weighted by Crippen LogP contribution is 2.26. The standard InChI is InChI=1S/C12H15FINO/c13-11-7-10(14)1-2-12(11)15-5-3-9(8-16)4-6-15/h1-2,7,9,16H,3-6,8H2. The fraction of sp³-hybridized carbons (Fsp3) is 0.500. The Hall–Kier alpha value is -0.360. The van der Waals surface area contributed by atoms with Crippen molar-refractivity contribution in [2.45, 2.75) is 12.8 Å². The molecule has 0 saturated carbocycles. The number of piperidine rings is 1. The van der Waals surface area contributed by atoms with Crippen molar-refractivity contribution < 1.29 is 9.50 Å². The van der Waals surface area contributed by atoms with Crippen molar-refractivity contribution in [1.82, 2.24) is 0 Å². The van der Waals surface area contributed by atoms with E-state index < -0.39 is 0 Å². The van der Waals surface area contributed by atoms with Gasteiger partial charge in [0.15, 0.2) is 0 Å². The molecule has 1 aromatic rings. The van der Waals surface area contributed by atoms with Crippen molar-refractivity contribution in [1.29, 1.82) is 0 Å². The fourth-order valence-electron chi connectivity index (χ4n) is 2.09. The number of halogens is 2. The molecule has 0 spiro atoms. The van der Waals surface area contributed by atoms with Gasteiger partial charge in [-0.25, -0.2) is 4.39 Å². The highest BCUT2D eigenvalue weighted by molar-refractivity contribution is 14.1. The van der Waals surface area contributed by atoms with Crippen LogP contribution >= 0.6 is 22.6 Å². The Morgan fingerprint density at radius 2 is 2.06 bits per heavy atom. The van der Waals surface area contributed by atoms with Crippen molar-refractivity contribution >= 4 is 28.3 Å². The molecule has 1 fully saturated rings. The molecule has 1 aromatic carbocycles. The molecule has 4 heteroatoms. The summed E-state index contributed by atoms with van der Waals surface area (Å²) in [5, 5.41) is 9.05. The smallest absolute Gasteiger partial charge is 0.147 e. The van der Waals surface area contributed by atoms with Crippen LogP contribution in [-0.4, -0.2) is 24.8 Å². The molecule has 1 heterocycles. The van der Waals surface area contributed by atoms with Gasteiger partial charge in [0.2, 0.25) is 0 Å². The molecule has 0 unspecified atom stereocenters. The summed E-state index contributed by atoms with van der Waals surface area (Å²) in [4.78, 5) is 2.07. The molecule has 0 aliphatic carbocycles. The Balaban J connectivity index is 2.08. The molecular formula is C12H15FINO. The van der Waals surface area contributed by atoms with Gasteiger partial charge in [0.1, 0.15) is 5.82 Å². The lowest BCUT2D eigenvalue weighted by Gasteiger charge is -2.33. The summed E-state index contributed by atoms with van der Waals surface area (Å²) in [6.07, 6.45) is 1.89. The third kappa shape index (κ3) is 2.66. The van der Waals surface area contributed by atoms with Gasteiger partial charge in [-0.3, -0.25) is 0 Å². The van der Waals surface area contributed by atoms with Gasteiger partial charge in [-0.05, 0) is 59.5 Å². The second-order valence-electron chi connectivity index (χ2n) is 4.21. The molecule has 0 atom stereocenters. The third-order valence-corrected chi connectivity index (χ3v) is 3.79. The average Bonchev–Trinajstić information content (AvgIpc) is 2.29. The molecule has 88 valence electrons. The maximum Gasteiger partial charge on any atom is 0.147 e. The summed E-state index contributed by atoms with van der Waals surface area (Å²) in [7, 11) is 0. The summed E-state index contributed by atoms with van der Waals surface area (Å²) in [6, 6.07) is 5.33. The molecule has 2 rings (SSSR count). The third-order valence-electron chi connectivity index (χ3n) is 3.12. The van der Waals surface area contributed by atoms with Crippen molar-refractivity contribution in [3.8, 4) is 0 Å². The number of rotatable bonds is 2.